The Morgan fingerprint density at radius 3 is 2.36 bits per heavy atom. The number of hydrogen-bond acceptors (Lipinski definition) is 6. The molecule has 0 saturated heterocycles. The van der Waals surface area contributed by atoms with E-state index in [1.165, 1.54) is 25.2 Å². The highest BCUT2D eigenvalue weighted by molar-refractivity contribution is 6.33. The number of nitrogens with zero attached hydrogens (tertiary/aromatic N) is 1. The summed E-state index contributed by atoms with van der Waals surface area (Å²) in [4.78, 5) is 38.1. The van der Waals surface area contributed by atoms with Gasteiger partial charge < -0.3 is 19.7 Å². The topological polar surface area (TPSA) is 84.9 Å². The van der Waals surface area contributed by atoms with Gasteiger partial charge in [-0.1, -0.05) is 31.5 Å². The first-order chi connectivity index (χ1) is 13.3. The number of anilines is 2. The summed E-state index contributed by atoms with van der Waals surface area (Å²) in [6.07, 6.45) is 6.24. The van der Waals surface area contributed by atoms with Gasteiger partial charge in [0.25, 0.3) is 0 Å². The molecule has 0 unspecified atom stereocenters. The van der Waals surface area contributed by atoms with Gasteiger partial charge in [0.05, 0.1) is 30.5 Å². The molecular formula is C20H21ClN2O5. The lowest BCUT2D eigenvalue weighted by Crippen LogP contribution is -2.27. The molecule has 0 aliphatic carbocycles. The molecule has 0 radical (unpaired) electrons. The first-order valence-electron chi connectivity index (χ1n) is 8.45. The van der Waals surface area contributed by atoms with Crippen LogP contribution in [0.3, 0.4) is 0 Å². The number of methoxy groups -OCH3 is 2. The first-order valence-corrected chi connectivity index (χ1v) is 8.83. The minimum absolute atomic E-state index is 0.00651. The summed E-state index contributed by atoms with van der Waals surface area (Å²) in [5.41, 5.74) is 0.818. The van der Waals surface area contributed by atoms with Crippen molar-refractivity contribution in [3.05, 3.63) is 58.9 Å². The van der Waals surface area contributed by atoms with Gasteiger partial charge in [-0.15, -0.1) is 0 Å². The largest absolute Gasteiger partial charge is 0.465 e. The molecule has 2 rings (SSSR count). The summed E-state index contributed by atoms with van der Waals surface area (Å²) in [5, 5.41) is 3.08. The van der Waals surface area contributed by atoms with Crippen LogP contribution in [0.25, 0.3) is 0 Å². The number of ether oxygens (including phenoxy) is 2. The van der Waals surface area contributed by atoms with Crippen LogP contribution in [0.5, 0.6) is 0 Å². The van der Waals surface area contributed by atoms with E-state index >= 15 is 0 Å². The molecule has 1 amide bonds. The molecule has 8 heteroatoms. The molecule has 0 aromatic heterocycles. The Bertz CT molecular complexity index is 887. The second-order valence-electron chi connectivity index (χ2n) is 6.13. The molecular weight excluding hydrogens is 384 g/mol. The van der Waals surface area contributed by atoms with E-state index in [9.17, 15) is 14.4 Å². The van der Waals surface area contributed by atoms with Crippen LogP contribution in [0.15, 0.2) is 53.9 Å². The molecule has 0 spiro atoms. The maximum Gasteiger partial charge on any atom is 0.355 e. The summed E-state index contributed by atoms with van der Waals surface area (Å²) in [5.74, 6) is -1.83. The zero-order valence-corrected chi connectivity index (χ0v) is 16.7. The van der Waals surface area contributed by atoms with Crippen LogP contribution in [-0.2, 0) is 23.9 Å². The zero-order valence-electron chi connectivity index (χ0n) is 16.0. The number of rotatable bonds is 5. The minimum Gasteiger partial charge on any atom is -0.465 e. The number of carbonyl (C=O) groups is 3. The molecule has 0 bridgehead atoms. The highest BCUT2D eigenvalue weighted by Gasteiger charge is 2.28. The van der Waals surface area contributed by atoms with Gasteiger partial charge in [-0.3, -0.25) is 4.79 Å². The highest BCUT2D eigenvalue weighted by atomic mass is 35.5. The molecule has 148 valence electrons. The Labute approximate surface area is 168 Å². The van der Waals surface area contributed by atoms with Crippen molar-refractivity contribution in [1.82, 2.24) is 0 Å². The second kappa shape index (κ2) is 9.23. The SMILES string of the molecule is COC(=O)C1=C(C(=O)OC)N(c2cc(NC(=O)C(C)C)ccc2Cl)C=CC=C1. The summed E-state index contributed by atoms with van der Waals surface area (Å²) in [7, 11) is 2.43. The second-order valence-corrected chi connectivity index (χ2v) is 6.53. The van der Waals surface area contributed by atoms with Crippen molar-refractivity contribution in [3.8, 4) is 0 Å². The maximum absolute atomic E-state index is 12.5. The van der Waals surface area contributed by atoms with Gasteiger partial charge in [0.1, 0.15) is 5.70 Å². The molecule has 28 heavy (non-hydrogen) atoms. The van der Waals surface area contributed by atoms with E-state index in [0.717, 1.165) is 0 Å². The van der Waals surface area contributed by atoms with Crippen LogP contribution in [0.2, 0.25) is 5.02 Å². The van der Waals surface area contributed by atoms with E-state index in [-0.39, 0.29) is 23.1 Å². The van der Waals surface area contributed by atoms with E-state index in [1.54, 1.807) is 50.4 Å². The molecule has 1 aliphatic heterocycles. The van der Waals surface area contributed by atoms with Gasteiger partial charge in [0.15, 0.2) is 0 Å². The summed E-state index contributed by atoms with van der Waals surface area (Å²) in [6, 6.07) is 4.84. The van der Waals surface area contributed by atoms with E-state index in [4.69, 9.17) is 21.1 Å². The van der Waals surface area contributed by atoms with Crippen LogP contribution in [0.1, 0.15) is 13.8 Å². The zero-order chi connectivity index (χ0) is 20.8. The van der Waals surface area contributed by atoms with Crippen molar-refractivity contribution in [2.45, 2.75) is 13.8 Å². The molecule has 1 heterocycles. The Balaban J connectivity index is 2.61. The molecule has 0 fully saturated rings. The lowest BCUT2D eigenvalue weighted by Gasteiger charge is -2.24. The normalized spacial score (nSPS) is 13.4. The van der Waals surface area contributed by atoms with Crippen LogP contribution < -0.4 is 10.2 Å². The summed E-state index contributed by atoms with van der Waals surface area (Å²) in [6.45, 7) is 3.55. The highest BCUT2D eigenvalue weighted by Crippen LogP contribution is 2.34. The summed E-state index contributed by atoms with van der Waals surface area (Å²) < 4.78 is 9.65. The van der Waals surface area contributed by atoms with Crippen molar-refractivity contribution in [2.24, 2.45) is 5.92 Å². The van der Waals surface area contributed by atoms with E-state index in [0.29, 0.717) is 16.4 Å². The Hall–Kier alpha value is -3.06. The van der Waals surface area contributed by atoms with Crippen molar-refractivity contribution in [1.29, 1.82) is 0 Å². The third kappa shape index (κ3) is 4.61. The fourth-order valence-electron chi connectivity index (χ4n) is 2.41. The quantitative estimate of drug-likeness (QED) is 0.757. The van der Waals surface area contributed by atoms with Gasteiger partial charge in [-0.05, 0) is 30.4 Å². The number of allylic oxidation sites excluding steroid dienone is 2. The number of nitrogens with one attached hydrogen (secondary N) is 1. The maximum atomic E-state index is 12.5. The summed E-state index contributed by atoms with van der Waals surface area (Å²) >= 11 is 6.36. The monoisotopic (exact) mass is 404 g/mol. The predicted molar refractivity (Wildman–Crippen MR) is 107 cm³/mol. The Morgan fingerprint density at radius 2 is 1.75 bits per heavy atom. The number of benzene rings is 1. The predicted octanol–water partition coefficient (Wildman–Crippen LogP) is 3.42. The molecule has 7 nitrogen and oxygen atoms in total. The molecule has 1 aliphatic rings. The van der Waals surface area contributed by atoms with Crippen molar-refractivity contribution >= 4 is 40.8 Å². The number of esters is 2. The van der Waals surface area contributed by atoms with E-state index < -0.39 is 11.9 Å². The molecule has 0 saturated carbocycles. The number of amides is 1. The van der Waals surface area contributed by atoms with E-state index in [1.807, 2.05) is 0 Å². The van der Waals surface area contributed by atoms with Gasteiger partial charge in [0, 0.05) is 17.8 Å². The van der Waals surface area contributed by atoms with Gasteiger partial charge >= 0.3 is 11.9 Å². The van der Waals surface area contributed by atoms with Crippen molar-refractivity contribution in [3.63, 3.8) is 0 Å². The van der Waals surface area contributed by atoms with Crippen molar-refractivity contribution in [2.75, 3.05) is 24.4 Å². The molecule has 1 aromatic rings. The van der Waals surface area contributed by atoms with Crippen LogP contribution in [-0.4, -0.2) is 32.1 Å². The molecule has 1 N–H and O–H groups in total. The fourth-order valence-corrected chi connectivity index (χ4v) is 2.62. The van der Waals surface area contributed by atoms with Gasteiger partial charge in [0.2, 0.25) is 5.91 Å². The number of hydrogen-bond donors (Lipinski definition) is 1. The third-order valence-electron chi connectivity index (χ3n) is 3.89. The van der Waals surface area contributed by atoms with Gasteiger partial charge in [-0.25, -0.2) is 9.59 Å². The lowest BCUT2D eigenvalue weighted by atomic mass is 10.1. The molecule has 1 aromatic carbocycles. The van der Waals surface area contributed by atoms with Crippen LogP contribution in [0.4, 0.5) is 11.4 Å². The standard InChI is InChI=1S/C20H21ClN2O5/c1-12(2)18(24)22-13-8-9-15(21)16(11-13)23-10-6-5-7-14(19(25)27-3)17(23)20(26)28-4/h5-12H,1-4H3,(H,22,24). The Morgan fingerprint density at radius 1 is 1.07 bits per heavy atom. The van der Waals surface area contributed by atoms with Crippen molar-refractivity contribution < 1.29 is 23.9 Å². The van der Waals surface area contributed by atoms with E-state index in [2.05, 4.69) is 5.32 Å². The number of carbonyl (C=O) groups excluding carboxylic acids is 3. The van der Waals surface area contributed by atoms with Crippen LogP contribution >= 0.6 is 11.6 Å². The Kier molecular flexibility index (Phi) is 7.00. The average Bonchev–Trinajstić information content (AvgIpc) is 2.90. The lowest BCUT2D eigenvalue weighted by molar-refractivity contribution is -0.139. The third-order valence-corrected chi connectivity index (χ3v) is 4.21. The van der Waals surface area contributed by atoms with Crippen LogP contribution in [0, 0.1) is 5.92 Å². The van der Waals surface area contributed by atoms with Gasteiger partial charge in [-0.2, -0.15) is 0 Å². The average molecular weight is 405 g/mol. The number of halogens is 1. The smallest absolute Gasteiger partial charge is 0.355 e. The minimum atomic E-state index is -0.746. The molecule has 0 atom stereocenters. The fraction of sp³-hybridized carbons (Fsp3) is 0.250. The first kappa shape index (κ1) is 21.2.